The molecule has 248 valence electrons. The smallest absolute Gasteiger partial charge is 0.352 e. The van der Waals surface area contributed by atoms with Crippen LogP contribution in [0.3, 0.4) is 0 Å². The average molecular weight is 681 g/mol. The zero-order valence-electron chi connectivity index (χ0n) is 25.1. The van der Waals surface area contributed by atoms with Crippen LogP contribution in [0.4, 0.5) is 16.6 Å². The van der Waals surface area contributed by atoms with Gasteiger partial charge in [-0.1, -0.05) is 5.16 Å². The van der Waals surface area contributed by atoms with Gasteiger partial charge in [0.15, 0.2) is 23.2 Å². The van der Waals surface area contributed by atoms with Crippen LogP contribution in [0.5, 0.6) is 0 Å². The van der Waals surface area contributed by atoms with Crippen LogP contribution in [-0.2, 0) is 42.4 Å². The molecule has 2 aromatic heterocycles. The number of unbranched alkanes of at least 4 members (excludes halogenated alkanes) is 1. The molecule has 0 radical (unpaired) electrons. The lowest BCUT2D eigenvalue weighted by Gasteiger charge is -2.49. The molecule has 0 spiro atoms. The fourth-order valence-corrected chi connectivity index (χ4v) is 6.20. The Kier molecular flexibility index (Phi) is 10.2. The van der Waals surface area contributed by atoms with E-state index in [1.165, 1.54) is 25.6 Å². The molecule has 2 atom stereocenters. The fourth-order valence-electron chi connectivity index (χ4n) is 4.43. The molecule has 4 heterocycles. The second-order valence-electron chi connectivity index (χ2n) is 10.8. The molecular weight excluding hydrogens is 646 g/mol. The molecular formula is C25H34N11O8S2+. The number of aromatic nitrogens is 4. The van der Waals surface area contributed by atoms with Gasteiger partial charge in [0.25, 0.3) is 11.8 Å². The van der Waals surface area contributed by atoms with Crippen LogP contribution in [0, 0.1) is 0 Å². The number of hydrogen-bond acceptors (Lipinski definition) is 14. The summed E-state index contributed by atoms with van der Waals surface area (Å²) in [7, 11) is 1.64. The van der Waals surface area contributed by atoms with Gasteiger partial charge in [-0.15, -0.1) is 21.1 Å². The third-order valence-corrected chi connectivity index (χ3v) is 8.94. The number of oxime groups is 1. The second kappa shape index (κ2) is 13.7. The molecule has 0 saturated carbocycles. The molecule has 1 fully saturated rings. The number of nitrogens with zero attached hydrogens (tertiary/aromatic N) is 6. The third-order valence-electron chi connectivity index (χ3n) is 7.06. The Morgan fingerprint density at radius 2 is 1.96 bits per heavy atom. The van der Waals surface area contributed by atoms with Crippen LogP contribution < -0.4 is 32.5 Å². The summed E-state index contributed by atoms with van der Waals surface area (Å²) in [6.45, 7) is 2.94. The van der Waals surface area contributed by atoms with Crippen LogP contribution >= 0.6 is 23.3 Å². The lowest BCUT2D eigenvalue weighted by atomic mass is 10.0. The predicted octanol–water partition coefficient (Wildman–Crippen LogP) is -1.58. The van der Waals surface area contributed by atoms with Crippen molar-refractivity contribution in [1.82, 2.24) is 24.3 Å². The van der Waals surface area contributed by atoms with Crippen molar-refractivity contribution >= 4 is 75.3 Å². The summed E-state index contributed by atoms with van der Waals surface area (Å²) in [5.41, 5.74) is 15.5. The Labute approximate surface area is 269 Å². The number of nitrogen functional groups attached to an aromatic ring is 2. The number of carbonyl (C=O) groups excluding carboxylic acids is 3. The van der Waals surface area contributed by atoms with Crippen molar-refractivity contribution < 1.29 is 43.7 Å². The molecule has 0 bridgehead atoms. The summed E-state index contributed by atoms with van der Waals surface area (Å²) in [6.07, 6.45) is 3.17. The number of nitrogens with two attached hydrogens (primary N) is 3. The van der Waals surface area contributed by atoms with E-state index in [-0.39, 0.29) is 47.1 Å². The summed E-state index contributed by atoms with van der Waals surface area (Å²) in [6, 6.07) is -1.15. The molecule has 2 aliphatic rings. The highest BCUT2D eigenvalue weighted by molar-refractivity contribution is 8.00. The summed E-state index contributed by atoms with van der Waals surface area (Å²) in [5, 5.41) is 27.6. The average Bonchev–Trinajstić information content (AvgIpc) is 3.53. The number of β-lactam (4-membered cyclic amide) rings is 1. The van der Waals surface area contributed by atoms with Crippen molar-refractivity contribution in [3.8, 4) is 0 Å². The van der Waals surface area contributed by atoms with E-state index in [4.69, 9.17) is 22.0 Å². The van der Waals surface area contributed by atoms with E-state index < -0.39 is 46.5 Å². The molecule has 0 aromatic carbocycles. The zero-order chi connectivity index (χ0) is 33.9. The quantitative estimate of drug-likeness (QED) is 0.0390. The topological polar surface area (TPSA) is 287 Å². The normalized spacial score (nSPS) is 18.1. The van der Waals surface area contributed by atoms with E-state index in [0.717, 1.165) is 16.4 Å². The maximum Gasteiger partial charge on any atom is 0.352 e. The van der Waals surface area contributed by atoms with Gasteiger partial charge in [0, 0.05) is 29.3 Å². The van der Waals surface area contributed by atoms with E-state index in [1.807, 2.05) is 0 Å². The first kappa shape index (κ1) is 34.1. The molecule has 1 saturated heterocycles. The van der Waals surface area contributed by atoms with E-state index in [0.29, 0.717) is 30.6 Å². The first-order valence-electron chi connectivity index (χ1n) is 13.8. The highest BCUT2D eigenvalue weighted by Gasteiger charge is 2.55. The molecule has 46 heavy (non-hydrogen) atoms. The molecule has 4 rings (SSSR count). The SMILES string of the molecule is Cn1c(N)c(NC(=O)CCCCN)c[n+]1CC1=C(C(=O)O)N2C(=O)[C@@H](NC(=O)/C(=N\OC(C)(C)C(=O)O)c3nsc(N)n3)[C@H]2SC1. The largest absolute Gasteiger partial charge is 0.478 e. The molecule has 0 aliphatic carbocycles. The number of carboxylic acid groups (broad SMARTS) is 2. The maximum absolute atomic E-state index is 13.3. The van der Waals surface area contributed by atoms with Crippen LogP contribution in [0.2, 0.25) is 0 Å². The van der Waals surface area contributed by atoms with Gasteiger partial charge in [0.05, 0.1) is 7.05 Å². The van der Waals surface area contributed by atoms with Crippen molar-refractivity contribution in [2.45, 2.75) is 56.7 Å². The summed E-state index contributed by atoms with van der Waals surface area (Å²) >= 11 is 1.98. The third kappa shape index (κ3) is 7.05. The van der Waals surface area contributed by atoms with Crippen molar-refractivity contribution in [3.63, 3.8) is 0 Å². The van der Waals surface area contributed by atoms with Gasteiger partial charge in [-0.2, -0.15) is 9.36 Å². The lowest BCUT2D eigenvalue weighted by Crippen LogP contribution is -2.71. The van der Waals surface area contributed by atoms with Gasteiger partial charge in [0.2, 0.25) is 29.2 Å². The maximum atomic E-state index is 13.3. The first-order chi connectivity index (χ1) is 21.7. The number of thioether (sulfide) groups is 1. The molecule has 21 heteroatoms. The van der Waals surface area contributed by atoms with Gasteiger partial charge in [-0.05, 0) is 33.2 Å². The molecule has 19 nitrogen and oxygen atoms in total. The van der Waals surface area contributed by atoms with E-state index in [1.54, 1.807) is 22.6 Å². The molecule has 2 aliphatic heterocycles. The van der Waals surface area contributed by atoms with Gasteiger partial charge < -0.3 is 42.9 Å². The Bertz CT molecular complexity index is 1630. The number of anilines is 3. The summed E-state index contributed by atoms with van der Waals surface area (Å²) in [4.78, 5) is 72.8. The monoisotopic (exact) mass is 680 g/mol. The summed E-state index contributed by atoms with van der Waals surface area (Å²) < 4.78 is 7.09. The number of amides is 3. The van der Waals surface area contributed by atoms with Crippen molar-refractivity contribution in [1.29, 1.82) is 0 Å². The van der Waals surface area contributed by atoms with Gasteiger partial charge in [-0.3, -0.25) is 19.3 Å². The van der Waals surface area contributed by atoms with Crippen molar-refractivity contribution in [2.75, 3.05) is 29.1 Å². The summed E-state index contributed by atoms with van der Waals surface area (Å²) in [5.74, 6) is -4.41. The van der Waals surface area contributed by atoms with Crippen molar-refractivity contribution in [3.05, 3.63) is 23.3 Å². The minimum atomic E-state index is -1.81. The standard InChI is InChI=1S/C25H33N11O8S2/c1-25(2,23(42)43)44-32-14(18-31-24(28)46-33-18)19(38)30-15-20(39)36-16(22(40)41)11(10-45-21(15)36)8-35-9-12(17(27)34(35)3)29-13(37)6-4-5-7-26/h9,15,21,27H,4-8,10,26H2,1-3H3,(H6,28,29,30,31,33,37,38,40,41,42,43)/p+1/b32-14-/t15-,21-/m1/s1. The first-order valence-corrected chi connectivity index (χ1v) is 15.6. The number of fused-ring (bicyclic) bond motifs is 1. The minimum Gasteiger partial charge on any atom is -0.478 e. The van der Waals surface area contributed by atoms with Gasteiger partial charge >= 0.3 is 11.9 Å². The van der Waals surface area contributed by atoms with Crippen LogP contribution in [0.15, 0.2) is 22.6 Å². The highest BCUT2D eigenvalue weighted by Crippen LogP contribution is 2.40. The van der Waals surface area contributed by atoms with Crippen LogP contribution in [0.1, 0.15) is 38.9 Å². The lowest BCUT2D eigenvalue weighted by molar-refractivity contribution is -0.765. The number of aliphatic carboxylic acids is 2. The number of rotatable bonds is 14. The minimum absolute atomic E-state index is 0.000328. The molecule has 0 unspecified atom stereocenters. The van der Waals surface area contributed by atoms with Gasteiger partial charge in [0.1, 0.15) is 17.1 Å². The van der Waals surface area contributed by atoms with E-state index >= 15 is 0 Å². The van der Waals surface area contributed by atoms with E-state index in [2.05, 4.69) is 25.1 Å². The Morgan fingerprint density at radius 3 is 2.57 bits per heavy atom. The number of carboxylic acids is 2. The Balaban J connectivity index is 1.52. The van der Waals surface area contributed by atoms with Gasteiger partial charge in [-0.25, -0.2) is 9.59 Å². The number of carbonyl (C=O) groups is 5. The van der Waals surface area contributed by atoms with Crippen molar-refractivity contribution in [2.24, 2.45) is 17.9 Å². The number of nitrogens with one attached hydrogen (secondary N) is 2. The number of hydrogen-bond donors (Lipinski definition) is 7. The zero-order valence-corrected chi connectivity index (χ0v) is 26.7. The fraction of sp³-hybridized carbons (Fsp3) is 0.480. The highest BCUT2D eigenvalue weighted by atomic mass is 32.2. The molecule has 2 aromatic rings. The Hall–Kier alpha value is -4.76. The second-order valence-corrected chi connectivity index (χ2v) is 12.7. The molecule has 10 N–H and O–H groups in total. The van der Waals surface area contributed by atoms with E-state index in [9.17, 15) is 34.2 Å². The van der Waals surface area contributed by atoms with Crippen LogP contribution in [-0.4, -0.2) is 93.8 Å². The predicted molar refractivity (Wildman–Crippen MR) is 165 cm³/mol. The van der Waals surface area contributed by atoms with Crippen LogP contribution in [0.25, 0.3) is 0 Å². The molecule has 3 amide bonds. The Morgan fingerprint density at radius 1 is 1.24 bits per heavy atom.